The number of imidazole rings is 1. The van der Waals surface area contributed by atoms with Gasteiger partial charge in [-0.05, 0) is 25.0 Å². The number of rotatable bonds is 5. The molecule has 0 aliphatic carbocycles. The molecule has 1 fully saturated rings. The van der Waals surface area contributed by atoms with Crippen LogP contribution < -0.4 is 10.1 Å². The van der Waals surface area contributed by atoms with E-state index in [4.69, 9.17) is 16.3 Å². The van der Waals surface area contributed by atoms with E-state index in [2.05, 4.69) is 25.5 Å². The van der Waals surface area contributed by atoms with Gasteiger partial charge in [-0.1, -0.05) is 17.7 Å². The lowest BCUT2D eigenvalue weighted by Gasteiger charge is -2.32. The van der Waals surface area contributed by atoms with E-state index in [9.17, 15) is 18.0 Å². The smallest absolute Gasteiger partial charge is 0.433 e. The molecular weight excluding hydrogens is 551 g/mol. The number of hydrogen-bond donors (Lipinski definition) is 1. The zero-order valence-electron chi connectivity index (χ0n) is 21.4. The summed E-state index contributed by atoms with van der Waals surface area (Å²) >= 11 is 6.68. The number of likely N-dealkylation sites (tertiary alicyclic amines) is 1. The van der Waals surface area contributed by atoms with Gasteiger partial charge in [-0.3, -0.25) is 9.48 Å². The molecule has 5 aromatic rings. The number of fused-ring (bicyclic) bond motifs is 2. The topological polar surface area (TPSA) is 107 Å². The van der Waals surface area contributed by atoms with Gasteiger partial charge in [0.2, 0.25) is 11.9 Å². The summed E-state index contributed by atoms with van der Waals surface area (Å²) in [6.07, 6.45) is 0.885. The molecule has 6 rings (SSSR count). The van der Waals surface area contributed by atoms with E-state index in [0.29, 0.717) is 37.2 Å². The Morgan fingerprint density at radius 2 is 1.95 bits per heavy atom. The fourth-order valence-electron chi connectivity index (χ4n) is 4.89. The fourth-order valence-corrected chi connectivity index (χ4v) is 5.19. The first-order chi connectivity index (χ1) is 19.1. The molecule has 0 saturated carbocycles. The maximum atomic E-state index is 13.9. The van der Waals surface area contributed by atoms with E-state index in [1.807, 2.05) is 18.2 Å². The van der Waals surface area contributed by atoms with Gasteiger partial charge in [0.05, 0.1) is 18.4 Å². The average molecular weight is 574 g/mol. The van der Waals surface area contributed by atoms with Gasteiger partial charge in [0.25, 0.3) is 0 Å². The number of halogens is 4. The minimum Gasteiger partial charge on any atom is -0.450 e. The SMILES string of the molecule is CC(=O)N1CCC(n2nc(Nc3nc4ncc(Oc5cnn6ccccc56)c(Cl)c4n3C)cc2C(F)(F)F)CC1. The minimum absolute atomic E-state index is 0.0290. The van der Waals surface area contributed by atoms with Crippen molar-refractivity contribution >= 4 is 46.0 Å². The molecule has 0 aromatic carbocycles. The van der Waals surface area contributed by atoms with Crippen LogP contribution in [0, 0.1) is 0 Å². The molecule has 208 valence electrons. The number of piperidine rings is 1. The number of anilines is 2. The van der Waals surface area contributed by atoms with Crippen LogP contribution in [0.2, 0.25) is 5.02 Å². The third-order valence-corrected chi connectivity index (χ3v) is 7.30. The molecule has 40 heavy (non-hydrogen) atoms. The number of aromatic nitrogens is 7. The van der Waals surface area contributed by atoms with Crippen molar-refractivity contribution in [2.24, 2.45) is 7.05 Å². The first-order valence-corrected chi connectivity index (χ1v) is 12.8. The number of nitrogens with one attached hydrogen (secondary N) is 1. The van der Waals surface area contributed by atoms with Crippen molar-refractivity contribution < 1.29 is 22.7 Å². The zero-order chi connectivity index (χ0) is 28.2. The second kappa shape index (κ2) is 9.70. The van der Waals surface area contributed by atoms with Gasteiger partial charge in [0, 0.05) is 39.3 Å². The normalized spacial score (nSPS) is 14.8. The molecule has 1 aliphatic rings. The maximum absolute atomic E-state index is 13.9. The summed E-state index contributed by atoms with van der Waals surface area (Å²) in [4.78, 5) is 22.0. The van der Waals surface area contributed by atoms with E-state index in [0.717, 1.165) is 16.3 Å². The first-order valence-electron chi connectivity index (χ1n) is 12.4. The van der Waals surface area contributed by atoms with Crippen LogP contribution in [-0.2, 0) is 18.0 Å². The van der Waals surface area contributed by atoms with Crippen molar-refractivity contribution in [2.45, 2.75) is 32.0 Å². The molecule has 0 atom stereocenters. The third-order valence-electron chi connectivity index (χ3n) is 6.94. The van der Waals surface area contributed by atoms with Crippen LogP contribution in [0.5, 0.6) is 11.5 Å². The number of ether oxygens (including phenoxy) is 1. The second-order valence-electron chi connectivity index (χ2n) is 9.46. The first kappa shape index (κ1) is 25.9. The van der Waals surface area contributed by atoms with Gasteiger partial charge in [-0.25, -0.2) is 9.50 Å². The molecule has 1 aliphatic heterocycles. The molecule has 6 heterocycles. The Morgan fingerprint density at radius 1 is 1.18 bits per heavy atom. The molecule has 11 nitrogen and oxygen atoms in total. The van der Waals surface area contributed by atoms with Gasteiger partial charge < -0.3 is 19.5 Å². The van der Waals surface area contributed by atoms with E-state index in [-0.39, 0.29) is 34.1 Å². The highest BCUT2D eigenvalue weighted by Gasteiger charge is 2.38. The Kier molecular flexibility index (Phi) is 6.28. The van der Waals surface area contributed by atoms with E-state index in [1.54, 1.807) is 33.4 Å². The summed E-state index contributed by atoms with van der Waals surface area (Å²) in [7, 11) is 1.66. The van der Waals surface area contributed by atoms with Crippen molar-refractivity contribution in [1.82, 2.24) is 38.8 Å². The summed E-state index contributed by atoms with van der Waals surface area (Å²) in [5.74, 6) is 0.811. The highest BCUT2D eigenvalue weighted by Crippen LogP contribution is 2.38. The van der Waals surface area contributed by atoms with Crippen LogP contribution in [0.15, 0.2) is 42.9 Å². The van der Waals surface area contributed by atoms with Crippen molar-refractivity contribution in [3.05, 3.63) is 53.6 Å². The number of nitrogens with zero attached hydrogens (tertiary/aromatic N) is 8. The quantitative estimate of drug-likeness (QED) is 0.308. The molecule has 0 unspecified atom stereocenters. The molecular formula is C25H23ClF3N9O2. The number of carbonyl (C=O) groups is 1. The second-order valence-corrected chi connectivity index (χ2v) is 9.84. The van der Waals surface area contributed by atoms with Crippen LogP contribution in [0.25, 0.3) is 16.7 Å². The van der Waals surface area contributed by atoms with Crippen LogP contribution in [-0.4, -0.2) is 57.8 Å². The van der Waals surface area contributed by atoms with Crippen LogP contribution in [0.1, 0.15) is 31.5 Å². The van der Waals surface area contributed by atoms with Crippen molar-refractivity contribution in [1.29, 1.82) is 0 Å². The Hall–Kier alpha value is -4.33. The predicted molar refractivity (Wildman–Crippen MR) is 140 cm³/mol. The van der Waals surface area contributed by atoms with Crippen LogP contribution >= 0.6 is 11.6 Å². The van der Waals surface area contributed by atoms with Gasteiger partial charge in [0.1, 0.15) is 21.7 Å². The number of aryl methyl sites for hydroxylation is 1. The van der Waals surface area contributed by atoms with E-state index in [1.165, 1.54) is 13.1 Å². The van der Waals surface area contributed by atoms with Gasteiger partial charge in [-0.15, -0.1) is 0 Å². The monoisotopic (exact) mass is 573 g/mol. The van der Waals surface area contributed by atoms with Crippen molar-refractivity contribution in [3.63, 3.8) is 0 Å². The van der Waals surface area contributed by atoms with Gasteiger partial charge >= 0.3 is 6.18 Å². The standard InChI is InChI=1S/C25H23ClF3N9O2/c1-14(39)36-9-6-15(7-10-36)38-19(25(27,28)29)11-20(34-38)32-24-33-23-22(35(24)2)21(26)18(12-30-23)40-17-13-31-37-8-4-3-5-16(17)37/h3-5,8,11-13,15H,6-7,9-10H2,1-2H3,(H,30,32,33,34). The molecule has 1 N–H and O–H groups in total. The molecule has 0 radical (unpaired) electrons. The molecule has 15 heteroatoms. The van der Waals surface area contributed by atoms with E-state index >= 15 is 0 Å². The summed E-state index contributed by atoms with van der Waals surface area (Å²) in [5, 5.41) is 11.6. The molecule has 1 saturated heterocycles. The van der Waals surface area contributed by atoms with Gasteiger partial charge in [-0.2, -0.15) is 28.4 Å². The predicted octanol–water partition coefficient (Wildman–Crippen LogP) is 5.20. The summed E-state index contributed by atoms with van der Waals surface area (Å²) in [6.45, 7) is 2.19. The lowest BCUT2D eigenvalue weighted by Crippen LogP contribution is -2.38. The third kappa shape index (κ3) is 4.57. The largest absolute Gasteiger partial charge is 0.450 e. The molecule has 0 spiro atoms. The molecule has 1 amide bonds. The van der Waals surface area contributed by atoms with E-state index < -0.39 is 17.9 Å². The summed E-state index contributed by atoms with van der Waals surface area (Å²) < 4.78 is 52.0. The number of pyridine rings is 2. The fraction of sp³-hybridized carbons (Fsp3) is 0.320. The Morgan fingerprint density at radius 3 is 2.67 bits per heavy atom. The zero-order valence-corrected chi connectivity index (χ0v) is 22.1. The number of alkyl halides is 3. The lowest BCUT2D eigenvalue weighted by atomic mass is 10.0. The molecule has 5 aromatic heterocycles. The summed E-state index contributed by atoms with van der Waals surface area (Å²) in [6, 6.07) is 5.98. The lowest BCUT2D eigenvalue weighted by molar-refractivity contribution is -0.146. The Balaban J connectivity index is 1.29. The average Bonchev–Trinajstić information content (AvgIpc) is 3.62. The maximum Gasteiger partial charge on any atom is 0.433 e. The van der Waals surface area contributed by atoms with Crippen LogP contribution in [0.3, 0.4) is 0 Å². The highest BCUT2D eigenvalue weighted by molar-refractivity contribution is 6.36. The summed E-state index contributed by atoms with van der Waals surface area (Å²) in [5.41, 5.74) is 0.545. The minimum atomic E-state index is -4.62. The Labute approximate surface area is 230 Å². The van der Waals surface area contributed by atoms with Gasteiger partial charge in [0.15, 0.2) is 23.0 Å². The van der Waals surface area contributed by atoms with Crippen molar-refractivity contribution in [3.8, 4) is 11.5 Å². The van der Waals surface area contributed by atoms with Crippen molar-refractivity contribution in [2.75, 3.05) is 18.4 Å². The number of amides is 1. The Bertz CT molecular complexity index is 1730. The molecule has 0 bridgehead atoms. The van der Waals surface area contributed by atoms with Crippen LogP contribution in [0.4, 0.5) is 24.9 Å². The number of hydrogen-bond acceptors (Lipinski definition) is 7. The highest BCUT2D eigenvalue weighted by atomic mass is 35.5. The number of carbonyl (C=O) groups excluding carboxylic acids is 1.